The Morgan fingerprint density at radius 1 is 1.50 bits per heavy atom. The van der Waals surface area contributed by atoms with Gasteiger partial charge in [-0.05, 0) is 28.7 Å². The molecule has 0 aliphatic carbocycles. The molecule has 0 aromatic carbocycles. The van der Waals surface area contributed by atoms with Crippen molar-refractivity contribution in [3.63, 3.8) is 0 Å². The standard InChI is InChI=1S/C8H5FIN3O/c9-5-3-12-2-1-4(5)7-6(10)8(11)13-14-7/h1-3H,(H2,11,13). The summed E-state index contributed by atoms with van der Waals surface area (Å²) in [6, 6.07) is 1.51. The monoisotopic (exact) mass is 305 g/mol. The molecule has 2 rings (SSSR count). The van der Waals surface area contributed by atoms with Gasteiger partial charge in [-0.3, -0.25) is 4.98 Å². The lowest BCUT2D eigenvalue weighted by molar-refractivity contribution is 0.432. The summed E-state index contributed by atoms with van der Waals surface area (Å²) in [5.41, 5.74) is 5.79. The number of nitrogen functional groups attached to an aromatic ring is 1. The molecular weight excluding hydrogens is 300 g/mol. The minimum Gasteiger partial charge on any atom is -0.380 e. The molecule has 6 heteroatoms. The highest BCUT2D eigenvalue weighted by Gasteiger charge is 2.16. The second kappa shape index (κ2) is 3.52. The first-order valence-electron chi connectivity index (χ1n) is 3.70. The van der Waals surface area contributed by atoms with Crippen molar-refractivity contribution < 1.29 is 8.91 Å². The second-order valence-electron chi connectivity index (χ2n) is 2.57. The molecule has 72 valence electrons. The van der Waals surface area contributed by atoms with Crippen molar-refractivity contribution >= 4 is 28.4 Å². The molecule has 2 N–H and O–H groups in total. The molecule has 0 fully saturated rings. The van der Waals surface area contributed by atoms with Crippen LogP contribution in [0.4, 0.5) is 10.2 Å². The number of pyridine rings is 1. The summed E-state index contributed by atoms with van der Waals surface area (Å²) >= 11 is 1.95. The van der Waals surface area contributed by atoms with Crippen LogP contribution in [0.5, 0.6) is 0 Å². The third-order valence-corrected chi connectivity index (χ3v) is 2.72. The third kappa shape index (κ3) is 1.45. The molecule has 0 aliphatic rings. The van der Waals surface area contributed by atoms with E-state index in [0.29, 0.717) is 14.9 Å². The van der Waals surface area contributed by atoms with Gasteiger partial charge in [-0.1, -0.05) is 5.16 Å². The fourth-order valence-corrected chi connectivity index (χ4v) is 1.51. The Morgan fingerprint density at radius 3 is 2.86 bits per heavy atom. The summed E-state index contributed by atoms with van der Waals surface area (Å²) in [6.07, 6.45) is 2.59. The van der Waals surface area contributed by atoms with Gasteiger partial charge in [0, 0.05) is 6.20 Å². The molecular formula is C8H5FIN3O. The van der Waals surface area contributed by atoms with Gasteiger partial charge in [-0.25, -0.2) is 4.39 Å². The number of rotatable bonds is 1. The molecule has 4 nitrogen and oxygen atoms in total. The first kappa shape index (κ1) is 9.38. The Bertz CT molecular complexity index is 471. The summed E-state index contributed by atoms with van der Waals surface area (Å²) in [5, 5.41) is 3.54. The van der Waals surface area contributed by atoms with Crippen LogP contribution in [0.2, 0.25) is 0 Å². The van der Waals surface area contributed by atoms with E-state index >= 15 is 0 Å². The van der Waals surface area contributed by atoms with E-state index in [1.165, 1.54) is 12.3 Å². The van der Waals surface area contributed by atoms with Crippen molar-refractivity contribution in [1.29, 1.82) is 0 Å². The summed E-state index contributed by atoms with van der Waals surface area (Å²) in [5.74, 6) is 0.140. The van der Waals surface area contributed by atoms with E-state index in [4.69, 9.17) is 10.3 Å². The van der Waals surface area contributed by atoms with E-state index in [2.05, 4.69) is 10.1 Å². The molecule has 0 amide bonds. The molecule has 0 bridgehead atoms. The smallest absolute Gasteiger partial charge is 0.185 e. The molecule has 2 heterocycles. The fourth-order valence-electron chi connectivity index (χ4n) is 1.02. The molecule has 0 saturated heterocycles. The maximum Gasteiger partial charge on any atom is 0.185 e. The first-order chi connectivity index (χ1) is 6.70. The van der Waals surface area contributed by atoms with Crippen molar-refractivity contribution in [2.75, 3.05) is 5.73 Å². The van der Waals surface area contributed by atoms with Crippen molar-refractivity contribution in [1.82, 2.24) is 10.1 Å². The maximum atomic E-state index is 13.3. The number of halogens is 2. The van der Waals surface area contributed by atoms with Crippen LogP contribution in [0.15, 0.2) is 23.0 Å². The van der Waals surface area contributed by atoms with Crippen molar-refractivity contribution in [3.05, 3.63) is 27.8 Å². The van der Waals surface area contributed by atoms with Gasteiger partial charge in [0.2, 0.25) is 0 Å². The van der Waals surface area contributed by atoms with Crippen molar-refractivity contribution in [3.8, 4) is 11.3 Å². The molecule has 2 aromatic rings. The highest BCUT2D eigenvalue weighted by Crippen LogP contribution is 2.29. The van der Waals surface area contributed by atoms with Crippen molar-refractivity contribution in [2.24, 2.45) is 0 Å². The fraction of sp³-hybridized carbons (Fsp3) is 0. The minimum absolute atomic E-state index is 0.261. The van der Waals surface area contributed by atoms with Gasteiger partial charge in [-0.2, -0.15) is 0 Å². The SMILES string of the molecule is Nc1noc(-c2ccncc2F)c1I. The van der Waals surface area contributed by atoms with Gasteiger partial charge in [0.15, 0.2) is 17.4 Å². The Hall–Kier alpha value is -1.18. The number of anilines is 1. The second-order valence-corrected chi connectivity index (χ2v) is 3.65. The van der Waals surface area contributed by atoms with E-state index < -0.39 is 5.82 Å². The average molecular weight is 305 g/mol. The molecule has 0 aliphatic heterocycles. The van der Waals surface area contributed by atoms with Gasteiger partial charge in [0.25, 0.3) is 0 Å². The predicted octanol–water partition coefficient (Wildman–Crippen LogP) is 2.06. The normalized spacial score (nSPS) is 10.4. The topological polar surface area (TPSA) is 64.9 Å². The molecule has 0 radical (unpaired) electrons. The highest BCUT2D eigenvalue weighted by atomic mass is 127. The van der Waals surface area contributed by atoms with Crippen LogP contribution in [0.3, 0.4) is 0 Å². The first-order valence-corrected chi connectivity index (χ1v) is 4.78. The highest BCUT2D eigenvalue weighted by molar-refractivity contribution is 14.1. The van der Waals surface area contributed by atoms with Gasteiger partial charge >= 0.3 is 0 Å². The van der Waals surface area contributed by atoms with Crippen LogP contribution in [0, 0.1) is 9.39 Å². The van der Waals surface area contributed by atoms with Crippen LogP contribution in [-0.2, 0) is 0 Å². The predicted molar refractivity (Wildman–Crippen MR) is 56.8 cm³/mol. The Labute approximate surface area is 92.4 Å². The molecule has 0 saturated carbocycles. The maximum absolute atomic E-state index is 13.3. The zero-order valence-corrected chi connectivity index (χ0v) is 9.03. The van der Waals surface area contributed by atoms with E-state index in [0.717, 1.165) is 6.20 Å². The minimum atomic E-state index is -0.457. The lowest BCUT2D eigenvalue weighted by Gasteiger charge is -1.96. The van der Waals surface area contributed by atoms with Crippen LogP contribution in [0.1, 0.15) is 0 Å². The Kier molecular flexibility index (Phi) is 2.36. The van der Waals surface area contributed by atoms with Crippen molar-refractivity contribution in [2.45, 2.75) is 0 Å². The summed E-state index contributed by atoms with van der Waals surface area (Å²) in [6.45, 7) is 0. The molecule has 14 heavy (non-hydrogen) atoms. The van der Waals surface area contributed by atoms with Gasteiger partial charge in [0.05, 0.1) is 11.8 Å². The number of hydrogen-bond acceptors (Lipinski definition) is 4. The van der Waals surface area contributed by atoms with Crippen LogP contribution in [-0.4, -0.2) is 10.1 Å². The van der Waals surface area contributed by atoms with Crippen LogP contribution >= 0.6 is 22.6 Å². The lowest BCUT2D eigenvalue weighted by Crippen LogP contribution is -1.88. The molecule has 0 atom stereocenters. The molecule has 0 unspecified atom stereocenters. The zero-order valence-electron chi connectivity index (χ0n) is 6.87. The largest absolute Gasteiger partial charge is 0.380 e. The van der Waals surface area contributed by atoms with Gasteiger partial charge in [0.1, 0.15) is 3.57 Å². The quantitative estimate of drug-likeness (QED) is 0.819. The number of hydrogen-bond donors (Lipinski definition) is 1. The van der Waals surface area contributed by atoms with E-state index in [9.17, 15) is 4.39 Å². The third-order valence-electron chi connectivity index (χ3n) is 1.68. The van der Waals surface area contributed by atoms with Crippen LogP contribution < -0.4 is 5.73 Å². The van der Waals surface area contributed by atoms with E-state index in [1.807, 2.05) is 22.6 Å². The van der Waals surface area contributed by atoms with E-state index in [-0.39, 0.29) is 5.82 Å². The van der Waals surface area contributed by atoms with Gasteiger partial charge < -0.3 is 10.3 Å². The van der Waals surface area contributed by atoms with Gasteiger partial charge in [-0.15, -0.1) is 0 Å². The Morgan fingerprint density at radius 2 is 2.29 bits per heavy atom. The molecule has 0 spiro atoms. The number of nitrogens with zero attached hydrogens (tertiary/aromatic N) is 2. The zero-order chi connectivity index (χ0) is 10.1. The lowest BCUT2D eigenvalue weighted by atomic mass is 10.2. The average Bonchev–Trinajstić information content (AvgIpc) is 2.49. The summed E-state index contributed by atoms with van der Waals surface area (Å²) in [7, 11) is 0. The molecule has 2 aromatic heterocycles. The van der Waals surface area contributed by atoms with Crippen LogP contribution in [0.25, 0.3) is 11.3 Å². The summed E-state index contributed by atoms with van der Waals surface area (Å²) < 4.78 is 18.8. The Balaban J connectivity index is 2.60. The number of nitrogens with two attached hydrogens (primary N) is 1. The van der Waals surface area contributed by atoms with E-state index in [1.54, 1.807) is 0 Å². The summed E-state index contributed by atoms with van der Waals surface area (Å²) in [4.78, 5) is 3.64. The number of aromatic nitrogens is 2.